The second-order valence-electron chi connectivity index (χ2n) is 14.9. The Morgan fingerprint density at radius 3 is 1.62 bits per heavy atom. The van der Waals surface area contributed by atoms with Gasteiger partial charge in [-0.2, -0.15) is 0 Å². The summed E-state index contributed by atoms with van der Waals surface area (Å²) in [6.45, 7) is 1.72. The molecule has 0 radical (unpaired) electrons. The van der Waals surface area contributed by atoms with Crippen LogP contribution >= 0.6 is 0 Å². The fourth-order valence-corrected chi connectivity index (χ4v) is 5.18. The van der Waals surface area contributed by atoms with E-state index in [0.29, 0.717) is 0 Å². The molecule has 0 spiro atoms. The van der Waals surface area contributed by atoms with E-state index in [-0.39, 0.29) is 37.7 Å². The number of hydrogen-bond donors (Lipinski definition) is 17. The number of aliphatic hydroxyl groups excluding tert-OH is 3. The van der Waals surface area contributed by atoms with Crippen molar-refractivity contribution < 1.29 is 78.3 Å². The standard InChI is InChI=1S/C36H63N13O16/c1-16(2)10-22(47-31(60)21(7-8-27(56)57)45-26(55)13-42-30(59)23(15-51)48-29(58)19(37)14-50)33(62)46-20(6-5-9-40-36(38)39)32(61)49-28(18(4)52)34(63)43-11-24(53)41-12-25(54)44-17(3)35(64)65/h16-23,28,50-52H,5-15,37H2,1-4H3,(H,41,53)(H,42,59)(H,43,63)(H,44,54)(H,45,55)(H,46,62)(H,47,60)(H,48,58)(H,49,61)(H,56,57)(H,64,65)(H4,38,39,40)/t17-,18+,19-,20-,21-,22-,23-,28-/m0/s1. The minimum atomic E-state index is -1.72. The molecule has 29 nitrogen and oxygen atoms in total. The molecule has 0 aromatic carbocycles. The topological polar surface area (TPSA) is 488 Å². The summed E-state index contributed by atoms with van der Waals surface area (Å²) in [6.07, 6.45) is -2.95. The van der Waals surface area contributed by atoms with Crippen molar-refractivity contribution >= 4 is 71.1 Å². The van der Waals surface area contributed by atoms with Gasteiger partial charge >= 0.3 is 11.9 Å². The lowest BCUT2D eigenvalue weighted by atomic mass is 10.0. The smallest absolute Gasteiger partial charge is 0.325 e. The first-order valence-corrected chi connectivity index (χ1v) is 20.1. The molecule has 0 aliphatic heterocycles. The van der Waals surface area contributed by atoms with Crippen LogP contribution in [0.2, 0.25) is 0 Å². The summed E-state index contributed by atoms with van der Waals surface area (Å²) in [5, 5.41) is 67.2. The Bertz CT molecular complexity index is 1710. The normalized spacial score (nSPS) is 14.5. The van der Waals surface area contributed by atoms with Crippen molar-refractivity contribution in [3.8, 4) is 0 Å². The monoisotopic (exact) mass is 933 g/mol. The molecule has 0 saturated heterocycles. The number of nitrogens with two attached hydrogens (primary N) is 3. The lowest BCUT2D eigenvalue weighted by Crippen LogP contribution is -2.60. The van der Waals surface area contributed by atoms with Gasteiger partial charge in [0.25, 0.3) is 0 Å². The number of guanidine groups is 1. The van der Waals surface area contributed by atoms with E-state index in [4.69, 9.17) is 27.4 Å². The van der Waals surface area contributed by atoms with E-state index < -0.39 is 159 Å². The minimum Gasteiger partial charge on any atom is -0.481 e. The minimum absolute atomic E-state index is 0.0323. The summed E-state index contributed by atoms with van der Waals surface area (Å²) in [5.74, 6) is -12.2. The zero-order chi connectivity index (χ0) is 50.0. The van der Waals surface area contributed by atoms with Gasteiger partial charge in [0, 0.05) is 13.0 Å². The number of nitrogens with zero attached hydrogens (tertiary/aromatic N) is 1. The van der Waals surface area contributed by atoms with Crippen LogP contribution in [0.15, 0.2) is 4.99 Å². The maximum absolute atomic E-state index is 13.8. The highest BCUT2D eigenvalue weighted by Gasteiger charge is 2.33. The van der Waals surface area contributed by atoms with Crippen molar-refractivity contribution in [3.05, 3.63) is 0 Å². The van der Waals surface area contributed by atoms with Crippen molar-refractivity contribution in [3.63, 3.8) is 0 Å². The third-order valence-corrected chi connectivity index (χ3v) is 8.67. The second kappa shape index (κ2) is 30.4. The molecule has 0 unspecified atom stereocenters. The quantitative estimate of drug-likeness (QED) is 0.0174. The van der Waals surface area contributed by atoms with Crippen LogP contribution in [0.25, 0.3) is 0 Å². The molecule has 29 heteroatoms. The molecule has 0 aliphatic rings. The highest BCUT2D eigenvalue weighted by atomic mass is 16.4. The molecule has 0 fully saturated rings. The zero-order valence-electron chi connectivity index (χ0n) is 36.4. The molecule has 9 amide bonds. The molecule has 20 N–H and O–H groups in total. The third kappa shape index (κ3) is 24.6. The molecule has 0 aliphatic carbocycles. The summed E-state index contributed by atoms with van der Waals surface area (Å²) < 4.78 is 0. The van der Waals surface area contributed by atoms with Crippen molar-refractivity contribution in [2.24, 2.45) is 28.1 Å². The largest absolute Gasteiger partial charge is 0.481 e. The van der Waals surface area contributed by atoms with Gasteiger partial charge in [-0.25, -0.2) is 0 Å². The highest BCUT2D eigenvalue weighted by molar-refractivity contribution is 5.97. The van der Waals surface area contributed by atoms with Gasteiger partial charge in [-0.3, -0.25) is 57.7 Å². The van der Waals surface area contributed by atoms with Crippen LogP contribution in [0.1, 0.15) is 59.8 Å². The van der Waals surface area contributed by atoms with Gasteiger partial charge in [0.05, 0.1) is 39.0 Å². The summed E-state index contributed by atoms with van der Waals surface area (Å²) in [6, 6.07) is -10.5. The van der Waals surface area contributed by atoms with E-state index in [1.807, 2.05) is 0 Å². The number of carboxylic acids is 2. The first-order valence-electron chi connectivity index (χ1n) is 20.1. The molecule has 65 heavy (non-hydrogen) atoms. The number of hydrogen-bond acceptors (Lipinski definition) is 16. The summed E-state index contributed by atoms with van der Waals surface area (Å²) in [7, 11) is 0. The Morgan fingerprint density at radius 1 is 0.569 bits per heavy atom. The van der Waals surface area contributed by atoms with Crippen LogP contribution in [0.5, 0.6) is 0 Å². The molecule has 0 aromatic heterocycles. The lowest BCUT2D eigenvalue weighted by Gasteiger charge is -2.28. The number of carboxylic acid groups (broad SMARTS) is 2. The number of nitrogens with one attached hydrogen (secondary N) is 9. The van der Waals surface area contributed by atoms with Gasteiger partial charge < -0.3 is 90.6 Å². The van der Waals surface area contributed by atoms with E-state index in [2.05, 4.69) is 52.8 Å². The Hall–Kier alpha value is -6.72. The summed E-state index contributed by atoms with van der Waals surface area (Å²) in [5.41, 5.74) is 16.1. The van der Waals surface area contributed by atoms with Gasteiger partial charge in [0.1, 0.15) is 42.3 Å². The fourth-order valence-electron chi connectivity index (χ4n) is 5.18. The Morgan fingerprint density at radius 2 is 1.08 bits per heavy atom. The maximum Gasteiger partial charge on any atom is 0.325 e. The molecule has 368 valence electrons. The number of carbonyl (C=O) groups excluding carboxylic acids is 9. The molecule has 0 aromatic rings. The number of aliphatic carboxylic acids is 2. The number of aliphatic imine (C=N–C) groups is 1. The predicted molar refractivity (Wildman–Crippen MR) is 224 cm³/mol. The molecule has 0 heterocycles. The Balaban J connectivity index is 6.13. The zero-order valence-corrected chi connectivity index (χ0v) is 36.4. The van der Waals surface area contributed by atoms with E-state index in [9.17, 15) is 68.1 Å². The van der Waals surface area contributed by atoms with Gasteiger partial charge in [-0.1, -0.05) is 13.8 Å². The van der Waals surface area contributed by atoms with Crippen molar-refractivity contribution in [1.82, 2.24) is 47.9 Å². The number of amides is 9. The number of aliphatic hydroxyl groups is 3. The van der Waals surface area contributed by atoms with Gasteiger partial charge in [-0.15, -0.1) is 0 Å². The molecule has 0 saturated carbocycles. The van der Waals surface area contributed by atoms with E-state index in [1.165, 1.54) is 6.92 Å². The fraction of sp³-hybridized carbons (Fsp3) is 0.667. The van der Waals surface area contributed by atoms with E-state index in [0.717, 1.165) is 6.92 Å². The van der Waals surface area contributed by atoms with Crippen LogP contribution < -0.4 is 65.1 Å². The Kier molecular flexibility index (Phi) is 27.2. The second-order valence-corrected chi connectivity index (χ2v) is 14.9. The van der Waals surface area contributed by atoms with Crippen LogP contribution in [-0.4, -0.2) is 184 Å². The first kappa shape index (κ1) is 58.3. The van der Waals surface area contributed by atoms with Crippen LogP contribution in [0.3, 0.4) is 0 Å². The van der Waals surface area contributed by atoms with Gasteiger partial charge in [0.15, 0.2) is 5.96 Å². The molecular formula is C36H63N13O16. The van der Waals surface area contributed by atoms with Crippen molar-refractivity contribution in [1.29, 1.82) is 0 Å². The van der Waals surface area contributed by atoms with Crippen molar-refractivity contribution in [2.45, 2.75) is 108 Å². The average molecular weight is 934 g/mol. The van der Waals surface area contributed by atoms with Gasteiger partial charge in [-0.05, 0) is 45.4 Å². The van der Waals surface area contributed by atoms with E-state index >= 15 is 0 Å². The summed E-state index contributed by atoms with van der Waals surface area (Å²) in [4.78, 5) is 142. The van der Waals surface area contributed by atoms with Crippen LogP contribution in [0, 0.1) is 5.92 Å². The summed E-state index contributed by atoms with van der Waals surface area (Å²) >= 11 is 0. The third-order valence-electron chi connectivity index (χ3n) is 8.67. The van der Waals surface area contributed by atoms with Crippen molar-refractivity contribution in [2.75, 3.05) is 39.4 Å². The van der Waals surface area contributed by atoms with Gasteiger partial charge in [0.2, 0.25) is 53.2 Å². The van der Waals surface area contributed by atoms with Crippen LogP contribution in [0.4, 0.5) is 0 Å². The Labute approximate surface area is 372 Å². The SMILES string of the molecule is CC(C)C[C@H](NC(=O)[C@H](CCC(=O)O)NC(=O)CNC(=O)[C@H](CO)NC(=O)[C@@H](N)CO)C(=O)N[C@@H](CCCN=C(N)N)C(=O)N[C@H](C(=O)NCC(=O)NCC(=O)N[C@@H](C)C(=O)O)[C@@H](C)O. The first-order chi connectivity index (χ1) is 30.3. The van der Waals surface area contributed by atoms with Crippen LogP contribution in [-0.2, 0) is 52.7 Å². The maximum atomic E-state index is 13.8. The molecule has 0 bridgehead atoms. The molecular weight excluding hydrogens is 870 g/mol. The number of rotatable bonds is 31. The number of carbonyl (C=O) groups is 11. The average Bonchev–Trinajstić information content (AvgIpc) is 3.23. The lowest BCUT2D eigenvalue weighted by molar-refractivity contribution is -0.141. The molecule has 0 rings (SSSR count). The predicted octanol–water partition coefficient (Wildman–Crippen LogP) is -8.99. The highest BCUT2D eigenvalue weighted by Crippen LogP contribution is 2.09. The van der Waals surface area contributed by atoms with E-state index in [1.54, 1.807) is 13.8 Å². The molecule has 8 atom stereocenters.